The highest BCUT2D eigenvalue weighted by Gasteiger charge is 2.38. The molecule has 2 aromatic rings. The predicted octanol–water partition coefficient (Wildman–Crippen LogP) is 4.49. The van der Waals surface area contributed by atoms with E-state index in [4.69, 9.17) is 0 Å². The monoisotopic (exact) mass is 291 g/mol. The van der Waals surface area contributed by atoms with Gasteiger partial charge in [-0.05, 0) is 24.6 Å². The summed E-state index contributed by atoms with van der Waals surface area (Å²) < 4.78 is 0. The highest BCUT2D eigenvalue weighted by Crippen LogP contribution is 2.46. The van der Waals surface area contributed by atoms with Crippen molar-refractivity contribution in [1.29, 1.82) is 0 Å². The van der Waals surface area contributed by atoms with Crippen LogP contribution in [0.3, 0.4) is 0 Å². The second kappa shape index (κ2) is 5.13. The molecule has 0 fully saturated rings. The Kier molecular flexibility index (Phi) is 3.40. The van der Waals surface area contributed by atoms with Crippen LogP contribution in [0.2, 0.25) is 0 Å². The van der Waals surface area contributed by atoms with Gasteiger partial charge in [0.05, 0.1) is 0 Å². The summed E-state index contributed by atoms with van der Waals surface area (Å²) in [4.78, 5) is 14.8. The van der Waals surface area contributed by atoms with Gasteiger partial charge >= 0.3 is 0 Å². The Balaban J connectivity index is 2.04. The Morgan fingerprint density at radius 1 is 1.09 bits per heavy atom. The van der Waals surface area contributed by atoms with E-state index in [1.807, 2.05) is 44.3 Å². The highest BCUT2D eigenvalue weighted by atomic mass is 16.1. The smallest absolute Gasteiger partial charge is 0.187 e. The molecule has 0 aromatic heterocycles. The minimum Gasteiger partial charge on any atom is -0.347 e. The number of aryl methyl sites for hydroxylation is 1. The topological polar surface area (TPSA) is 20.3 Å². The van der Waals surface area contributed by atoms with Crippen LogP contribution in [-0.2, 0) is 5.41 Å². The predicted molar refractivity (Wildman–Crippen MR) is 91.5 cm³/mol. The van der Waals surface area contributed by atoms with E-state index in [9.17, 15) is 4.79 Å². The van der Waals surface area contributed by atoms with Crippen molar-refractivity contribution in [2.75, 3.05) is 11.9 Å². The van der Waals surface area contributed by atoms with Crippen molar-refractivity contribution >= 4 is 11.5 Å². The fraction of sp³-hybridized carbons (Fsp3) is 0.250. The third-order valence-corrected chi connectivity index (χ3v) is 4.51. The van der Waals surface area contributed by atoms with Crippen LogP contribution in [0.4, 0.5) is 5.69 Å². The number of hydrogen-bond acceptors (Lipinski definition) is 2. The number of likely N-dealkylation sites (N-methyl/N-ethyl adjacent to an activating group) is 1. The van der Waals surface area contributed by atoms with Gasteiger partial charge in [0.25, 0.3) is 0 Å². The van der Waals surface area contributed by atoms with E-state index < -0.39 is 0 Å². The number of carbonyl (C=O) groups excluding carboxylic acids is 1. The summed E-state index contributed by atoms with van der Waals surface area (Å²) in [7, 11) is 2.03. The molecule has 1 aliphatic heterocycles. The SMILES string of the molecule is Cc1cccc(C(=O)/C=C2\N(C)c3ccccc3C2(C)C)c1. The number of anilines is 1. The molecule has 0 radical (unpaired) electrons. The fourth-order valence-corrected chi connectivity index (χ4v) is 3.26. The molecule has 1 aliphatic rings. The molecule has 0 spiro atoms. The molecule has 0 saturated heterocycles. The summed E-state index contributed by atoms with van der Waals surface area (Å²) in [5.74, 6) is 0.0615. The van der Waals surface area contributed by atoms with Crippen LogP contribution in [0.1, 0.15) is 35.3 Å². The van der Waals surface area contributed by atoms with Crippen LogP contribution in [-0.4, -0.2) is 12.8 Å². The first-order valence-electron chi connectivity index (χ1n) is 7.57. The molecule has 0 amide bonds. The lowest BCUT2D eigenvalue weighted by atomic mass is 9.83. The summed E-state index contributed by atoms with van der Waals surface area (Å²) in [6, 6.07) is 16.1. The van der Waals surface area contributed by atoms with Crippen molar-refractivity contribution < 1.29 is 4.79 Å². The molecule has 2 heteroatoms. The van der Waals surface area contributed by atoms with Crippen LogP contribution >= 0.6 is 0 Å². The van der Waals surface area contributed by atoms with Gasteiger partial charge in [-0.1, -0.05) is 55.8 Å². The van der Waals surface area contributed by atoms with Gasteiger partial charge in [-0.25, -0.2) is 0 Å². The fourth-order valence-electron chi connectivity index (χ4n) is 3.26. The van der Waals surface area contributed by atoms with E-state index in [2.05, 4.69) is 36.9 Å². The average molecular weight is 291 g/mol. The summed E-state index contributed by atoms with van der Waals surface area (Å²) in [6.45, 7) is 6.35. The van der Waals surface area contributed by atoms with E-state index in [1.54, 1.807) is 6.08 Å². The summed E-state index contributed by atoms with van der Waals surface area (Å²) >= 11 is 0. The maximum absolute atomic E-state index is 12.6. The standard InChI is InChI=1S/C20H21NO/c1-14-8-7-9-15(12-14)18(22)13-19-20(2,3)16-10-5-6-11-17(16)21(19)4/h5-13H,1-4H3/b19-13-. The molecule has 3 rings (SSSR count). The zero-order chi connectivity index (χ0) is 15.9. The summed E-state index contributed by atoms with van der Waals surface area (Å²) in [5, 5.41) is 0. The number of benzene rings is 2. The van der Waals surface area contributed by atoms with Crippen LogP contribution in [0.15, 0.2) is 60.3 Å². The molecule has 0 atom stereocenters. The van der Waals surface area contributed by atoms with Gasteiger partial charge in [0.15, 0.2) is 5.78 Å². The van der Waals surface area contributed by atoms with Gasteiger partial charge < -0.3 is 4.90 Å². The second-order valence-electron chi connectivity index (χ2n) is 6.46. The zero-order valence-electron chi connectivity index (χ0n) is 13.6. The molecular weight excluding hydrogens is 270 g/mol. The lowest BCUT2D eigenvalue weighted by Gasteiger charge is -2.24. The molecule has 1 heterocycles. The Labute approximate surface area is 132 Å². The molecule has 0 saturated carbocycles. The Morgan fingerprint density at radius 3 is 2.50 bits per heavy atom. The van der Waals surface area contributed by atoms with Gasteiger partial charge in [-0.2, -0.15) is 0 Å². The Hall–Kier alpha value is -2.35. The molecule has 2 nitrogen and oxygen atoms in total. The first-order chi connectivity index (χ1) is 10.4. The van der Waals surface area contributed by atoms with E-state index >= 15 is 0 Å². The number of allylic oxidation sites excluding steroid dienone is 2. The largest absolute Gasteiger partial charge is 0.347 e. The Bertz CT molecular complexity index is 771. The zero-order valence-corrected chi connectivity index (χ0v) is 13.6. The minimum absolute atomic E-state index is 0.0615. The van der Waals surface area contributed by atoms with Gasteiger partial charge in [0, 0.05) is 35.5 Å². The maximum Gasteiger partial charge on any atom is 0.187 e. The van der Waals surface area contributed by atoms with E-state index in [0.29, 0.717) is 0 Å². The summed E-state index contributed by atoms with van der Waals surface area (Å²) in [6.07, 6.45) is 1.79. The summed E-state index contributed by atoms with van der Waals surface area (Å²) in [5.41, 5.74) is 5.17. The molecular formula is C20H21NO. The molecule has 0 unspecified atom stereocenters. The molecule has 0 aliphatic carbocycles. The molecule has 112 valence electrons. The number of hydrogen-bond donors (Lipinski definition) is 0. The van der Waals surface area contributed by atoms with Crippen LogP contribution < -0.4 is 4.90 Å². The van der Waals surface area contributed by atoms with Crippen molar-refractivity contribution in [3.05, 3.63) is 77.0 Å². The first kappa shape index (κ1) is 14.6. The maximum atomic E-state index is 12.6. The van der Waals surface area contributed by atoms with Gasteiger partial charge in [-0.3, -0.25) is 4.79 Å². The third-order valence-electron chi connectivity index (χ3n) is 4.51. The van der Waals surface area contributed by atoms with E-state index in [1.165, 1.54) is 11.3 Å². The van der Waals surface area contributed by atoms with Crippen molar-refractivity contribution in [1.82, 2.24) is 0 Å². The normalized spacial score (nSPS) is 17.6. The number of para-hydroxylation sites is 1. The van der Waals surface area contributed by atoms with Crippen LogP contribution in [0.25, 0.3) is 0 Å². The van der Waals surface area contributed by atoms with Gasteiger partial charge in [0.2, 0.25) is 0 Å². The molecule has 0 bridgehead atoms. The lowest BCUT2D eigenvalue weighted by Crippen LogP contribution is -2.24. The van der Waals surface area contributed by atoms with Crippen molar-refractivity contribution in [2.45, 2.75) is 26.2 Å². The third kappa shape index (κ3) is 2.25. The first-order valence-corrected chi connectivity index (χ1v) is 7.57. The van der Waals surface area contributed by atoms with E-state index in [-0.39, 0.29) is 11.2 Å². The second-order valence-corrected chi connectivity index (χ2v) is 6.46. The average Bonchev–Trinajstić information content (AvgIpc) is 2.69. The molecule has 2 aromatic carbocycles. The van der Waals surface area contributed by atoms with Crippen molar-refractivity contribution in [2.24, 2.45) is 0 Å². The number of nitrogens with zero attached hydrogens (tertiary/aromatic N) is 1. The lowest BCUT2D eigenvalue weighted by molar-refractivity contribution is 0.104. The highest BCUT2D eigenvalue weighted by molar-refractivity contribution is 6.05. The minimum atomic E-state index is -0.162. The Morgan fingerprint density at radius 2 is 1.82 bits per heavy atom. The number of rotatable bonds is 2. The van der Waals surface area contributed by atoms with Crippen LogP contribution in [0.5, 0.6) is 0 Å². The number of ketones is 1. The number of fused-ring (bicyclic) bond motifs is 1. The molecule has 0 N–H and O–H groups in total. The molecule has 22 heavy (non-hydrogen) atoms. The van der Waals surface area contributed by atoms with Crippen LogP contribution in [0, 0.1) is 6.92 Å². The van der Waals surface area contributed by atoms with Crippen molar-refractivity contribution in [3.8, 4) is 0 Å². The quantitative estimate of drug-likeness (QED) is 0.600. The van der Waals surface area contributed by atoms with E-state index in [0.717, 1.165) is 16.8 Å². The van der Waals surface area contributed by atoms with Gasteiger partial charge in [0.1, 0.15) is 0 Å². The number of carbonyl (C=O) groups is 1. The van der Waals surface area contributed by atoms with Crippen molar-refractivity contribution in [3.63, 3.8) is 0 Å². The van der Waals surface area contributed by atoms with Gasteiger partial charge in [-0.15, -0.1) is 0 Å².